The summed E-state index contributed by atoms with van der Waals surface area (Å²) in [5, 5.41) is 18.6. The molecule has 192 valence electrons. The first-order chi connectivity index (χ1) is 18.0. The van der Waals surface area contributed by atoms with Gasteiger partial charge in [0.2, 0.25) is 12.2 Å². The Labute approximate surface area is 218 Å². The number of fused-ring (bicyclic) bond motifs is 1. The number of hydrogen-bond acceptors (Lipinski definition) is 7. The number of anilines is 3. The van der Waals surface area contributed by atoms with E-state index in [9.17, 15) is 4.79 Å². The number of carbonyl (C=O) groups is 1. The van der Waals surface area contributed by atoms with Crippen LogP contribution in [0.25, 0.3) is 11.1 Å². The molecule has 1 unspecified atom stereocenters. The number of nitrogens with one attached hydrogen (secondary N) is 3. The second-order valence-corrected chi connectivity index (χ2v) is 9.69. The third-order valence-electron chi connectivity index (χ3n) is 6.79. The monoisotopic (exact) mass is 498 g/mol. The molecule has 37 heavy (non-hydrogen) atoms. The summed E-state index contributed by atoms with van der Waals surface area (Å²) < 4.78 is 5.91. The van der Waals surface area contributed by atoms with Crippen molar-refractivity contribution in [2.24, 2.45) is 10.2 Å². The smallest absolute Gasteiger partial charge is 0.221 e. The molecule has 3 aromatic rings. The normalized spacial score (nSPS) is 16.7. The minimum atomic E-state index is -0.479. The number of benzene rings is 3. The zero-order valence-corrected chi connectivity index (χ0v) is 21.7. The maximum Gasteiger partial charge on any atom is 0.221 e. The minimum Gasteiger partial charge on any atom is -0.492 e. The highest BCUT2D eigenvalue weighted by molar-refractivity contribution is 5.98. The van der Waals surface area contributed by atoms with Crippen molar-refractivity contribution in [1.29, 1.82) is 0 Å². The van der Waals surface area contributed by atoms with Crippen LogP contribution in [-0.2, 0) is 4.79 Å². The quantitative estimate of drug-likeness (QED) is 0.339. The number of nitrogens with zero attached hydrogens (tertiary/aromatic N) is 3. The van der Waals surface area contributed by atoms with Crippen LogP contribution in [0.3, 0.4) is 0 Å². The number of aryl methyl sites for hydroxylation is 2. The van der Waals surface area contributed by atoms with Crippen LogP contribution in [0.15, 0.2) is 64.8 Å². The summed E-state index contributed by atoms with van der Waals surface area (Å²) in [5.41, 5.74) is 7.44. The standard InChI is InChI=1S/C29H34N6O2/c1-19-7-6-8-20(2)27(19)22-17-25(30-21(3)36)28-26(18-22)33-34-29(32-28)31-23-9-11-24(12-10-23)37-16-15-35-13-4-5-14-35/h6-12,17-18,29,31-32H,4-5,13-16H2,1-3H3,(H,30,36). The minimum absolute atomic E-state index is 0.144. The van der Waals surface area contributed by atoms with E-state index in [1.807, 2.05) is 42.5 Å². The molecule has 0 saturated carbocycles. The lowest BCUT2D eigenvalue weighted by molar-refractivity contribution is -0.114. The first kappa shape index (κ1) is 24.8. The van der Waals surface area contributed by atoms with Crippen LogP contribution in [0.5, 0.6) is 5.75 Å². The van der Waals surface area contributed by atoms with E-state index in [2.05, 4.69) is 57.1 Å². The number of rotatable bonds is 8. The molecule has 1 saturated heterocycles. The molecular weight excluding hydrogens is 464 g/mol. The molecule has 1 atom stereocenters. The van der Waals surface area contributed by atoms with Crippen LogP contribution in [0, 0.1) is 13.8 Å². The van der Waals surface area contributed by atoms with Gasteiger partial charge in [0.1, 0.15) is 18.0 Å². The Bertz CT molecular complexity index is 1280. The largest absolute Gasteiger partial charge is 0.492 e. The highest BCUT2D eigenvalue weighted by atomic mass is 16.5. The van der Waals surface area contributed by atoms with Gasteiger partial charge in [-0.3, -0.25) is 9.69 Å². The summed E-state index contributed by atoms with van der Waals surface area (Å²) in [6.45, 7) is 9.69. The third-order valence-corrected chi connectivity index (χ3v) is 6.79. The summed E-state index contributed by atoms with van der Waals surface area (Å²) in [7, 11) is 0. The van der Waals surface area contributed by atoms with Crippen molar-refractivity contribution >= 4 is 28.7 Å². The summed E-state index contributed by atoms with van der Waals surface area (Å²) >= 11 is 0. The molecule has 8 nitrogen and oxygen atoms in total. The van der Waals surface area contributed by atoms with Crippen molar-refractivity contribution in [1.82, 2.24) is 4.90 Å². The summed E-state index contributed by atoms with van der Waals surface area (Å²) in [5.74, 6) is 0.704. The molecule has 2 aliphatic heterocycles. The SMILES string of the molecule is CC(=O)Nc1cc(-c2c(C)cccc2C)cc2c1NC(Nc1ccc(OCCN3CCCC3)cc1)N=N2. The number of carbonyl (C=O) groups excluding carboxylic acids is 1. The van der Waals surface area contributed by atoms with Gasteiger partial charge in [-0.1, -0.05) is 18.2 Å². The fourth-order valence-corrected chi connectivity index (χ4v) is 5.01. The van der Waals surface area contributed by atoms with Gasteiger partial charge in [-0.05, 0) is 98.4 Å². The van der Waals surface area contributed by atoms with E-state index in [1.165, 1.54) is 32.9 Å². The lowest BCUT2D eigenvalue weighted by Gasteiger charge is -2.25. The zero-order chi connectivity index (χ0) is 25.8. The maximum atomic E-state index is 12.0. The van der Waals surface area contributed by atoms with E-state index in [0.717, 1.165) is 45.9 Å². The predicted molar refractivity (Wildman–Crippen MR) is 149 cm³/mol. The fraction of sp³-hybridized carbons (Fsp3) is 0.345. The second-order valence-electron chi connectivity index (χ2n) is 9.69. The number of amides is 1. The van der Waals surface area contributed by atoms with Gasteiger partial charge in [0, 0.05) is 19.2 Å². The lowest BCUT2D eigenvalue weighted by atomic mass is 9.94. The average Bonchev–Trinajstić information content (AvgIpc) is 3.39. The van der Waals surface area contributed by atoms with E-state index < -0.39 is 6.29 Å². The first-order valence-electron chi connectivity index (χ1n) is 12.9. The lowest BCUT2D eigenvalue weighted by Crippen LogP contribution is -2.28. The molecule has 3 N–H and O–H groups in total. The van der Waals surface area contributed by atoms with Crippen molar-refractivity contribution in [2.45, 2.75) is 39.9 Å². The molecule has 0 spiro atoms. The Hall–Kier alpha value is -3.91. The van der Waals surface area contributed by atoms with Crippen LogP contribution in [-0.4, -0.2) is 43.3 Å². The number of ether oxygens (including phenoxy) is 1. The number of likely N-dealkylation sites (tertiary alicyclic amines) is 1. The topological polar surface area (TPSA) is 90.3 Å². The Balaban J connectivity index is 1.29. The summed E-state index contributed by atoms with van der Waals surface area (Å²) in [4.78, 5) is 14.5. The first-order valence-corrected chi connectivity index (χ1v) is 12.9. The van der Waals surface area contributed by atoms with Gasteiger partial charge in [-0.25, -0.2) is 0 Å². The van der Waals surface area contributed by atoms with Crippen molar-refractivity contribution < 1.29 is 9.53 Å². The van der Waals surface area contributed by atoms with Crippen molar-refractivity contribution in [3.8, 4) is 16.9 Å². The molecule has 2 heterocycles. The molecule has 1 amide bonds. The van der Waals surface area contributed by atoms with Gasteiger partial charge in [0.25, 0.3) is 0 Å². The van der Waals surface area contributed by atoms with Gasteiger partial charge >= 0.3 is 0 Å². The summed E-state index contributed by atoms with van der Waals surface area (Å²) in [6, 6.07) is 18.1. The van der Waals surface area contributed by atoms with Crippen molar-refractivity contribution in [3.05, 3.63) is 65.7 Å². The van der Waals surface area contributed by atoms with E-state index in [4.69, 9.17) is 4.74 Å². The third kappa shape index (κ3) is 5.91. The highest BCUT2D eigenvalue weighted by Gasteiger charge is 2.21. The maximum absolute atomic E-state index is 12.0. The van der Waals surface area contributed by atoms with Crippen LogP contribution in [0.2, 0.25) is 0 Å². The molecule has 0 radical (unpaired) electrons. The van der Waals surface area contributed by atoms with Crippen LogP contribution in [0.1, 0.15) is 30.9 Å². The molecule has 0 aliphatic carbocycles. The molecule has 2 aliphatic rings. The van der Waals surface area contributed by atoms with Crippen molar-refractivity contribution in [2.75, 3.05) is 42.2 Å². The van der Waals surface area contributed by atoms with Crippen molar-refractivity contribution in [3.63, 3.8) is 0 Å². The Morgan fingerprint density at radius 3 is 2.51 bits per heavy atom. The molecular formula is C29H34N6O2. The highest BCUT2D eigenvalue weighted by Crippen LogP contribution is 2.42. The molecule has 0 bridgehead atoms. The molecule has 1 fully saturated rings. The van der Waals surface area contributed by atoms with E-state index in [1.54, 1.807) is 0 Å². The van der Waals surface area contributed by atoms with E-state index in [-0.39, 0.29) is 5.91 Å². The molecule has 8 heteroatoms. The fourth-order valence-electron chi connectivity index (χ4n) is 5.01. The Kier molecular flexibility index (Phi) is 7.37. The molecule has 3 aromatic carbocycles. The number of hydrogen-bond donors (Lipinski definition) is 3. The van der Waals surface area contributed by atoms with Gasteiger partial charge in [-0.15, -0.1) is 10.2 Å². The number of azo groups is 1. The van der Waals surface area contributed by atoms with Gasteiger partial charge in [0.15, 0.2) is 0 Å². The van der Waals surface area contributed by atoms with E-state index >= 15 is 0 Å². The van der Waals surface area contributed by atoms with Gasteiger partial charge in [0.05, 0.1) is 11.4 Å². The Morgan fingerprint density at radius 2 is 1.81 bits per heavy atom. The molecule has 0 aromatic heterocycles. The van der Waals surface area contributed by atoms with E-state index in [0.29, 0.717) is 18.0 Å². The van der Waals surface area contributed by atoms with Gasteiger partial charge < -0.3 is 20.7 Å². The predicted octanol–water partition coefficient (Wildman–Crippen LogP) is 6.31. The van der Waals surface area contributed by atoms with Crippen LogP contribution < -0.4 is 20.7 Å². The van der Waals surface area contributed by atoms with Crippen LogP contribution >= 0.6 is 0 Å². The zero-order valence-electron chi connectivity index (χ0n) is 21.7. The second kappa shape index (κ2) is 11.0. The van der Waals surface area contributed by atoms with Crippen LogP contribution in [0.4, 0.5) is 22.7 Å². The van der Waals surface area contributed by atoms with Gasteiger partial charge in [-0.2, -0.15) is 0 Å². The average molecular weight is 499 g/mol. The summed E-state index contributed by atoms with van der Waals surface area (Å²) in [6.07, 6.45) is 2.10. The Morgan fingerprint density at radius 1 is 1.08 bits per heavy atom. The molecule has 5 rings (SSSR count).